The predicted octanol–water partition coefficient (Wildman–Crippen LogP) is 2.49. The smallest absolute Gasteiger partial charge is 0.341 e. The van der Waals surface area contributed by atoms with Gasteiger partial charge >= 0.3 is 11.0 Å². The van der Waals surface area contributed by atoms with E-state index in [1.165, 1.54) is 24.3 Å². The molecule has 1 heterocycles. The second-order valence-corrected chi connectivity index (χ2v) is 8.04. The van der Waals surface area contributed by atoms with Crippen LogP contribution in [-0.2, 0) is 14.6 Å². The van der Waals surface area contributed by atoms with Crippen LogP contribution in [0.5, 0.6) is 0 Å². The van der Waals surface area contributed by atoms with Crippen molar-refractivity contribution in [2.45, 2.75) is 11.8 Å². The number of nitrogens with zero attached hydrogens (tertiary/aromatic N) is 1. The molecule has 9 nitrogen and oxygen atoms in total. The molecule has 0 saturated heterocycles. The first-order chi connectivity index (χ1) is 12.1. The normalized spacial score (nSPS) is 11.0. The minimum absolute atomic E-state index is 0.0484. The number of carbonyl (C=O) groups excluding carboxylic acids is 2. The van der Waals surface area contributed by atoms with Crippen LogP contribution in [0.15, 0.2) is 35.2 Å². The average Bonchev–Trinajstić information content (AvgIpc) is 2.98. The summed E-state index contributed by atoms with van der Waals surface area (Å²) in [5.74, 6) is -1.64. The number of hydrogen-bond donors (Lipinski definition) is 1. The van der Waals surface area contributed by atoms with Gasteiger partial charge in [0.2, 0.25) is 0 Å². The molecule has 0 aliphatic carbocycles. The number of nitro groups is 1. The SMILES string of the molecule is CCOC(=O)c1cc([N+](=O)[O-])sc1NC(=O)c1ccccc1S(C)(=O)=O. The van der Waals surface area contributed by atoms with E-state index < -0.39 is 26.6 Å². The van der Waals surface area contributed by atoms with Crippen molar-refractivity contribution in [3.63, 3.8) is 0 Å². The molecule has 2 aromatic rings. The van der Waals surface area contributed by atoms with Crippen molar-refractivity contribution in [1.82, 2.24) is 0 Å². The zero-order valence-corrected chi connectivity index (χ0v) is 15.3. The molecule has 0 aliphatic rings. The summed E-state index contributed by atoms with van der Waals surface area (Å²) in [5.41, 5.74) is -0.311. The van der Waals surface area contributed by atoms with Crippen LogP contribution in [0.4, 0.5) is 10.0 Å². The summed E-state index contributed by atoms with van der Waals surface area (Å²) in [6, 6.07) is 6.52. The van der Waals surface area contributed by atoms with Gasteiger partial charge in [-0.25, -0.2) is 13.2 Å². The molecule has 0 aliphatic heterocycles. The van der Waals surface area contributed by atoms with Gasteiger partial charge in [-0.2, -0.15) is 0 Å². The third-order valence-corrected chi connectivity index (χ3v) is 5.31. The summed E-state index contributed by atoms with van der Waals surface area (Å²) < 4.78 is 28.5. The molecule has 0 radical (unpaired) electrons. The molecule has 26 heavy (non-hydrogen) atoms. The molecule has 1 aromatic carbocycles. The fourth-order valence-electron chi connectivity index (χ4n) is 2.07. The van der Waals surface area contributed by atoms with Crippen LogP contribution in [0.25, 0.3) is 0 Å². The minimum Gasteiger partial charge on any atom is -0.462 e. The molecule has 138 valence electrons. The van der Waals surface area contributed by atoms with E-state index in [1.807, 2.05) is 0 Å². The first-order valence-corrected chi connectivity index (χ1v) is 9.91. The van der Waals surface area contributed by atoms with Crippen molar-refractivity contribution in [2.24, 2.45) is 0 Å². The van der Waals surface area contributed by atoms with Crippen LogP contribution >= 0.6 is 11.3 Å². The number of thiophene rings is 1. The van der Waals surface area contributed by atoms with Gasteiger partial charge in [-0.1, -0.05) is 12.1 Å². The van der Waals surface area contributed by atoms with Crippen LogP contribution in [0, 0.1) is 10.1 Å². The van der Waals surface area contributed by atoms with E-state index in [-0.39, 0.29) is 32.6 Å². The van der Waals surface area contributed by atoms with Crippen molar-refractivity contribution in [3.05, 3.63) is 51.6 Å². The van der Waals surface area contributed by atoms with E-state index >= 15 is 0 Å². The molecule has 0 atom stereocenters. The fraction of sp³-hybridized carbons (Fsp3) is 0.200. The first-order valence-electron chi connectivity index (χ1n) is 7.21. The molecule has 0 unspecified atom stereocenters. The molecule has 0 spiro atoms. The molecule has 11 heteroatoms. The second-order valence-electron chi connectivity index (χ2n) is 5.03. The van der Waals surface area contributed by atoms with Gasteiger partial charge in [-0.15, -0.1) is 0 Å². The second kappa shape index (κ2) is 7.62. The molecule has 0 fully saturated rings. The van der Waals surface area contributed by atoms with Crippen LogP contribution < -0.4 is 5.32 Å². The Labute approximate surface area is 152 Å². The zero-order valence-electron chi connectivity index (χ0n) is 13.7. The third-order valence-electron chi connectivity index (χ3n) is 3.15. The lowest BCUT2D eigenvalue weighted by Crippen LogP contribution is -2.17. The van der Waals surface area contributed by atoms with E-state index in [2.05, 4.69) is 5.32 Å². The Morgan fingerprint density at radius 2 is 1.92 bits per heavy atom. The largest absolute Gasteiger partial charge is 0.462 e. The standard InChI is InChI=1S/C15H14N2O7S2/c1-3-24-15(19)10-8-12(17(20)21)25-14(10)16-13(18)9-6-4-5-7-11(9)26(2,22)23/h4-8H,3H2,1-2H3,(H,16,18). The highest BCUT2D eigenvalue weighted by molar-refractivity contribution is 7.90. The monoisotopic (exact) mass is 398 g/mol. The van der Waals surface area contributed by atoms with Gasteiger partial charge in [0.1, 0.15) is 10.6 Å². The van der Waals surface area contributed by atoms with Crippen LogP contribution in [-0.4, -0.2) is 38.1 Å². The topological polar surface area (TPSA) is 133 Å². The van der Waals surface area contributed by atoms with Gasteiger partial charge < -0.3 is 10.1 Å². The number of amides is 1. The number of benzene rings is 1. The highest BCUT2D eigenvalue weighted by Crippen LogP contribution is 2.34. The highest BCUT2D eigenvalue weighted by Gasteiger charge is 2.26. The number of anilines is 1. The van der Waals surface area contributed by atoms with Crippen molar-refractivity contribution in [3.8, 4) is 0 Å². The maximum absolute atomic E-state index is 12.5. The summed E-state index contributed by atoms with van der Waals surface area (Å²) in [5, 5.41) is 12.9. The molecule has 2 rings (SSSR count). The number of nitrogens with one attached hydrogen (secondary N) is 1. The quantitative estimate of drug-likeness (QED) is 0.449. The van der Waals surface area contributed by atoms with Crippen LogP contribution in [0.1, 0.15) is 27.6 Å². The highest BCUT2D eigenvalue weighted by atomic mass is 32.2. The van der Waals surface area contributed by atoms with E-state index in [9.17, 15) is 28.1 Å². The van der Waals surface area contributed by atoms with Crippen molar-refractivity contribution in [1.29, 1.82) is 0 Å². The summed E-state index contributed by atoms with van der Waals surface area (Å²) in [4.78, 5) is 34.5. The molecule has 1 amide bonds. The van der Waals surface area contributed by atoms with E-state index in [0.29, 0.717) is 11.3 Å². The molecular weight excluding hydrogens is 384 g/mol. The number of esters is 1. The number of carbonyl (C=O) groups is 2. The Kier molecular flexibility index (Phi) is 5.73. The van der Waals surface area contributed by atoms with Gasteiger partial charge in [0, 0.05) is 12.3 Å². The number of sulfone groups is 1. The van der Waals surface area contributed by atoms with Crippen molar-refractivity contribution < 1.29 is 27.7 Å². The third kappa shape index (κ3) is 4.24. The maximum atomic E-state index is 12.5. The van der Waals surface area contributed by atoms with Crippen molar-refractivity contribution >= 4 is 43.1 Å². The van der Waals surface area contributed by atoms with E-state index in [0.717, 1.165) is 12.3 Å². The van der Waals surface area contributed by atoms with Crippen molar-refractivity contribution in [2.75, 3.05) is 18.2 Å². The van der Waals surface area contributed by atoms with E-state index in [1.54, 1.807) is 6.92 Å². The van der Waals surface area contributed by atoms with Crippen LogP contribution in [0.3, 0.4) is 0 Å². The Balaban J connectivity index is 2.44. The maximum Gasteiger partial charge on any atom is 0.341 e. The molecule has 0 bridgehead atoms. The molecular formula is C15H14N2O7S2. The predicted molar refractivity (Wildman–Crippen MR) is 94.4 cm³/mol. The van der Waals surface area contributed by atoms with Gasteiger partial charge in [0.05, 0.1) is 22.0 Å². The Hall–Kier alpha value is -2.79. The number of hydrogen-bond acceptors (Lipinski definition) is 8. The summed E-state index contributed by atoms with van der Waals surface area (Å²) >= 11 is 0.577. The minimum atomic E-state index is -3.67. The van der Waals surface area contributed by atoms with Gasteiger partial charge in [0.25, 0.3) is 5.91 Å². The van der Waals surface area contributed by atoms with Crippen LogP contribution in [0.2, 0.25) is 0 Å². The number of rotatable bonds is 6. The lowest BCUT2D eigenvalue weighted by Gasteiger charge is -2.09. The van der Waals surface area contributed by atoms with Gasteiger partial charge in [-0.05, 0) is 30.4 Å². The van der Waals surface area contributed by atoms with Gasteiger partial charge in [0.15, 0.2) is 9.84 Å². The summed E-state index contributed by atoms with van der Waals surface area (Å²) in [6.07, 6.45) is 0.957. The Morgan fingerprint density at radius 1 is 1.27 bits per heavy atom. The first kappa shape index (κ1) is 19.5. The Bertz CT molecular complexity index is 980. The molecule has 1 aromatic heterocycles. The lowest BCUT2D eigenvalue weighted by molar-refractivity contribution is -0.380. The van der Waals surface area contributed by atoms with Gasteiger partial charge in [-0.3, -0.25) is 14.9 Å². The zero-order chi connectivity index (χ0) is 19.5. The average molecular weight is 398 g/mol. The summed E-state index contributed by atoms with van der Waals surface area (Å²) in [7, 11) is -3.67. The number of ether oxygens (including phenoxy) is 1. The molecule has 0 saturated carbocycles. The summed E-state index contributed by atoms with van der Waals surface area (Å²) in [6.45, 7) is 1.62. The van der Waals surface area contributed by atoms with E-state index in [4.69, 9.17) is 4.74 Å². The lowest BCUT2D eigenvalue weighted by atomic mass is 10.2. The Morgan fingerprint density at radius 3 is 2.50 bits per heavy atom. The fourth-order valence-corrected chi connectivity index (χ4v) is 3.81. The molecule has 1 N–H and O–H groups in total.